The Balaban J connectivity index is 1.88. The van der Waals surface area contributed by atoms with Crippen LogP contribution >= 0.6 is 0 Å². The van der Waals surface area contributed by atoms with Gasteiger partial charge < -0.3 is 15.5 Å². The molecule has 1 aliphatic heterocycles. The van der Waals surface area contributed by atoms with Crippen molar-refractivity contribution in [1.29, 1.82) is 0 Å². The third-order valence-electron chi connectivity index (χ3n) is 4.09. The normalized spacial score (nSPS) is 20.0. The minimum absolute atomic E-state index is 0.168. The van der Waals surface area contributed by atoms with Gasteiger partial charge in [0.15, 0.2) is 5.69 Å². The van der Waals surface area contributed by atoms with Gasteiger partial charge in [-0.15, -0.1) is 0 Å². The predicted octanol–water partition coefficient (Wildman–Crippen LogP) is 0.0520. The summed E-state index contributed by atoms with van der Waals surface area (Å²) < 4.78 is 0. The second-order valence-corrected chi connectivity index (χ2v) is 5.73. The largest absolute Gasteiger partial charge is 0.369 e. The van der Waals surface area contributed by atoms with E-state index in [0.717, 1.165) is 10.9 Å². The van der Waals surface area contributed by atoms with Crippen molar-refractivity contribution in [3.63, 3.8) is 0 Å². The Morgan fingerprint density at radius 3 is 2.82 bits per heavy atom. The number of nitrogens with zero attached hydrogens (tertiary/aromatic N) is 3. The van der Waals surface area contributed by atoms with E-state index in [1.54, 1.807) is 4.90 Å². The van der Waals surface area contributed by atoms with E-state index >= 15 is 0 Å². The van der Waals surface area contributed by atoms with Crippen molar-refractivity contribution in [2.24, 2.45) is 11.7 Å². The van der Waals surface area contributed by atoms with Gasteiger partial charge in [-0.25, -0.2) is 0 Å². The van der Waals surface area contributed by atoms with E-state index < -0.39 is 0 Å². The summed E-state index contributed by atoms with van der Waals surface area (Å²) in [6.07, 6.45) is 0. The minimum Gasteiger partial charge on any atom is -0.369 e. The van der Waals surface area contributed by atoms with Crippen LogP contribution in [0.3, 0.4) is 0 Å². The van der Waals surface area contributed by atoms with E-state index in [2.05, 4.69) is 10.2 Å². The number of hydrogen-bond acceptors (Lipinski definition) is 4. The molecule has 116 valence electrons. The van der Waals surface area contributed by atoms with Gasteiger partial charge in [0.1, 0.15) is 0 Å². The molecule has 0 aliphatic carbocycles. The molecular weight excluding hydrogens is 282 g/mol. The van der Waals surface area contributed by atoms with Gasteiger partial charge in [0.25, 0.3) is 5.91 Å². The number of H-pyrrole nitrogens is 1. The molecule has 22 heavy (non-hydrogen) atoms. The highest BCUT2D eigenvalue weighted by atomic mass is 16.2. The van der Waals surface area contributed by atoms with Gasteiger partial charge >= 0.3 is 0 Å². The van der Waals surface area contributed by atoms with Crippen LogP contribution in [-0.2, 0) is 4.79 Å². The molecule has 2 aromatic rings. The number of amides is 2. The van der Waals surface area contributed by atoms with Gasteiger partial charge in [-0.05, 0) is 13.1 Å². The number of primary amides is 1. The lowest BCUT2D eigenvalue weighted by molar-refractivity contribution is -0.122. The summed E-state index contributed by atoms with van der Waals surface area (Å²) in [7, 11) is 1.92. The molecule has 1 aliphatic rings. The third-order valence-corrected chi connectivity index (χ3v) is 4.09. The predicted molar refractivity (Wildman–Crippen MR) is 82.2 cm³/mol. The highest BCUT2D eigenvalue weighted by Crippen LogP contribution is 2.18. The molecule has 3 rings (SSSR count). The SMILES string of the molecule is CN1CCN(C(=O)c2n[nH]c3ccccc23)C[C@H](C(N)=O)C1. The number of likely N-dealkylation sites (N-methyl/N-ethyl adjacent to an activating group) is 1. The van der Waals surface area contributed by atoms with Crippen molar-refractivity contribution in [2.45, 2.75) is 0 Å². The molecule has 2 heterocycles. The van der Waals surface area contributed by atoms with Crippen molar-refractivity contribution < 1.29 is 9.59 Å². The van der Waals surface area contributed by atoms with E-state index in [-0.39, 0.29) is 17.7 Å². The quantitative estimate of drug-likeness (QED) is 0.819. The first kappa shape index (κ1) is 14.5. The number of benzene rings is 1. The summed E-state index contributed by atoms with van der Waals surface area (Å²) in [5, 5.41) is 7.80. The number of nitrogens with one attached hydrogen (secondary N) is 1. The van der Waals surface area contributed by atoms with E-state index in [4.69, 9.17) is 5.73 Å². The van der Waals surface area contributed by atoms with Crippen molar-refractivity contribution in [3.8, 4) is 0 Å². The Hall–Kier alpha value is -2.41. The molecule has 3 N–H and O–H groups in total. The first-order chi connectivity index (χ1) is 10.6. The maximum atomic E-state index is 12.8. The van der Waals surface area contributed by atoms with Crippen molar-refractivity contribution >= 4 is 22.7 Å². The van der Waals surface area contributed by atoms with Gasteiger partial charge in [-0.3, -0.25) is 14.7 Å². The van der Waals surface area contributed by atoms with Gasteiger partial charge in [-0.2, -0.15) is 5.10 Å². The minimum atomic E-state index is -0.376. The lowest BCUT2D eigenvalue weighted by Gasteiger charge is -2.21. The maximum absolute atomic E-state index is 12.8. The Morgan fingerprint density at radius 1 is 1.27 bits per heavy atom. The molecule has 0 saturated carbocycles. The zero-order chi connectivity index (χ0) is 15.7. The van der Waals surface area contributed by atoms with E-state index in [0.29, 0.717) is 31.9 Å². The van der Waals surface area contributed by atoms with Crippen LogP contribution in [0.1, 0.15) is 10.5 Å². The summed E-state index contributed by atoms with van der Waals surface area (Å²) in [6, 6.07) is 7.50. The molecule has 0 spiro atoms. The van der Waals surface area contributed by atoms with Gasteiger partial charge in [0, 0.05) is 31.6 Å². The van der Waals surface area contributed by atoms with Crippen LogP contribution in [0, 0.1) is 5.92 Å². The smallest absolute Gasteiger partial charge is 0.275 e. The highest BCUT2D eigenvalue weighted by molar-refractivity contribution is 6.04. The summed E-state index contributed by atoms with van der Waals surface area (Å²) in [5.74, 6) is -0.904. The second kappa shape index (κ2) is 5.76. The van der Waals surface area contributed by atoms with Crippen molar-refractivity contribution in [2.75, 3.05) is 33.2 Å². The molecule has 1 aromatic heterocycles. The fourth-order valence-corrected chi connectivity index (χ4v) is 2.81. The molecule has 2 amide bonds. The number of aromatic amines is 1. The zero-order valence-electron chi connectivity index (χ0n) is 12.5. The maximum Gasteiger partial charge on any atom is 0.275 e. The van der Waals surface area contributed by atoms with Crippen molar-refractivity contribution in [3.05, 3.63) is 30.0 Å². The lowest BCUT2D eigenvalue weighted by Crippen LogP contribution is -2.40. The second-order valence-electron chi connectivity index (χ2n) is 5.73. The van der Waals surface area contributed by atoms with Crippen LogP contribution < -0.4 is 5.73 Å². The topological polar surface area (TPSA) is 95.3 Å². The van der Waals surface area contributed by atoms with Crippen LogP contribution in [-0.4, -0.2) is 65.0 Å². The molecule has 7 nitrogen and oxygen atoms in total. The Labute approximate surface area is 128 Å². The first-order valence-electron chi connectivity index (χ1n) is 7.26. The highest BCUT2D eigenvalue weighted by Gasteiger charge is 2.29. The van der Waals surface area contributed by atoms with Crippen LogP contribution in [0.5, 0.6) is 0 Å². The molecule has 7 heteroatoms. The summed E-state index contributed by atoms with van der Waals surface area (Å²) >= 11 is 0. The first-order valence-corrected chi connectivity index (χ1v) is 7.26. The number of aromatic nitrogens is 2. The lowest BCUT2D eigenvalue weighted by atomic mass is 10.1. The Kier molecular flexibility index (Phi) is 3.81. The number of carbonyl (C=O) groups is 2. The number of hydrogen-bond donors (Lipinski definition) is 2. The molecule has 0 radical (unpaired) electrons. The molecular formula is C15H19N5O2. The molecule has 1 fully saturated rings. The molecule has 1 saturated heterocycles. The molecule has 1 aromatic carbocycles. The fourth-order valence-electron chi connectivity index (χ4n) is 2.81. The zero-order valence-corrected chi connectivity index (χ0v) is 12.5. The molecule has 0 bridgehead atoms. The van der Waals surface area contributed by atoms with Crippen molar-refractivity contribution in [1.82, 2.24) is 20.0 Å². The Bertz CT molecular complexity index is 711. The van der Waals surface area contributed by atoms with E-state index in [9.17, 15) is 9.59 Å². The van der Waals surface area contributed by atoms with Crippen LogP contribution in [0.4, 0.5) is 0 Å². The number of nitrogens with two attached hydrogens (primary N) is 1. The number of carbonyl (C=O) groups excluding carboxylic acids is 2. The number of rotatable bonds is 2. The van der Waals surface area contributed by atoms with E-state index in [1.165, 1.54) is 0 Å². The van der Waals surface area contributed by atoms with Crippen LogP contribution in [0.25, 0.3) is 10.9 Å². The van der Waals surface area contributed by atoms with Crippen LogP contribution in [0.2, 0.25) is 0 Å². The standard InChI is InChI=1S/C15H19N5O2/c1-19-6-7-20(9-10(8-19)14(16)21)15(22)13-11-4-2-3-5-12(11)17-18-13/h2-5,10H,6-9H2,1H3,(H2,16,21)(H,17,18)/t10-/m1/s1. The number of para-hydroxylation sites is 1. The monoisotopic (exact) mass is 301 g/mol. The molecule has 1 atom stereocenters. The van der Waals surface area contributed by atoms with Gasteiger partial charge in [-0.1, -0.05) is 18.2 Å². The summed E-state index contributed by atoms with van der Waals surface area (Å²) in [5.41, 5.74) is 6.66. The fraction of sp³-hybridized carbons (Fsp3) is 0.400. The summed E-state index contributed by atoms with van der Waals surface area (Å²) in [4.78, 5) is 28.0. The van der Waals surface area contributed by atoms with Crippen LogP contribution in [0.15, 0.2) is 24.3 Å². The average Bonchev–Trinajstić information content (AvgIpc) is 2.82. The van der Waals surface area contributed by atoms with Gasteiger partial charge in [0.05, 0.1) is 11.4 Å². The van der Waals surface area contributed by atoms with Gasteiger partial charge in [0.2, 0.25) is 5.91 Å². The van der Waals surface area contributed by atoms with E-state index in [1.807, 2.05) is 36.2 Å². The Morgan fingerprint density at radius 2 is 2.05 bits per heavy atom. The average molecular weight is 301 g/mol. The molecule has 0 unspecified atom stereocenters. The number of fused-ring (bicyclic) bond motifs is 1. The summed E-state index contributed by atoms with van der Waals surface area (Å²) in [6.45, 7) is 2.16. The third kappa shape index (κ3) is 2.67.